The predicted octanol–water partition coefficient (Wildman–Crippen LogP) is 11.2. The molecule has 0 aromatic rings. The Kier molecular flexibility index (Phi) is 26.5. The van der Waals surface area contributed by atoms with Gasteiger partial charge in [-0.3, -0.25) is 0 Å². The number of hydrogen-bond acceptors (Lipinski definition) is 0. The summed E-state index contributed by atoms with van der Waals surface area (Å²) in [6.45, 7) is 10.2. The molecule has 0 aliphatic heterocycles. The van der Waals surface area contributed by atoms with Gasteiger partial charge in [-0.2, -0.15) is 0 Å². The second-order valence-corrected chi connectivity index (χ2v) is 9.63. The fourth-order valence-corrected chi connectivity index (χ4v) is 4.41. The molecule has 0 N–H and O–H groups in total. The van der Waals surface area contributed by atoms with Crippen LogP contribution in [0.2, 0.25) is 0 Å². The lowest BCUT2D eigenvalue weighted by molar-refractivity contribution is 0.490. The van der Waals surface area contributed by atoms with E-state index in [4.69, 9.17) is 0 Å². The summed E-state index contributed by atoms with van der Waals surface area (Å²) in [6, 6.07) is 0. The summed E-state index contributed by atoms with van der Waals surface area (Å²) in [5, 5.41) is 0. The number of allylic oxidation sites excluding steroid dienone is 2. The quantitative estimate of drug-likeness (QED) is 0.102. The van der Waals surface area contributed by atoms with Crippen LogP contribution in [0.15, 0.2) is 12.2 Å². The molecule has 0 aromatic carbocycles. The van der Waals surface area contributed by atoms with E-state index in [1.165, 1.54) is 141 Å². The van der Waals surface area contributed by atoms with Crippen molar-refractivity contribution in [1.82, 2.24) is 0 Å². The maximum absolute atomic E-state index is 3.98. The highest BCUT2D eigenvalue weighted by atomic mass is 14.1. The molecule has 0 fully saturated rings. The zero-order valence-electron chi connectivity index (χ0n) is 21.1. The van der Waals surface area contributed by atoms with Crippen LogP contribution >= 0.6 is 0 Å². The summed E-state index contributed by atoms with van der Waals surface area (Å²) in [5.41, 5.74) is 0. The van der Waals surface area contributed by atoms with Crippen molar-refractivity contribution < 1.29 is 0 Å². The molecule has 0 aromatic heterocycles. The third-order valence-corrected chi connectivity index (χ3v) is 6.53. The molecule has 1 unspecified atom stereocenters. The highest BCUT2D eigenvalue weighted by Gasteiger charge is 2.03. The Labute approximate surface area is 193 Å². The minimum atomic E-state index is 0.829. The van der Waals surface area contributed by atoms with Gasteiger partial charge in [0.05, 0.1) is 0 Å². The summed E-state index contributed by atoms with van der Waals surface area (Å²) in [6.07, 6.45) is 38.3. The van der Waals surface area contributed by atoms with Gasteiger partial charge in [-0.25, -0.2) is 0 Å². The average Bonchev–Trinajstić information content (AvgIpc) is 2.76. The molecule has 0 amide bonds. The van der Waals surface area contributed by atoms with E-state index < -0.39 is 0 Å². The largest absolute Gasteiger partial charge is 0.0883 e. The first-order valence-corrected chi connectivity index (χ1v) is 14.1. The normalized spacial score (nSPS) is 12.8. The Morgan fingerprint density at radius 1 is 0.500 bits per heavy atom. The molecule has 2 radical (unpaired) electrons. The topological polar surface area (TPSA) is 0 Å². The maximum atomic E-state index is 3.98. The van der Waals surface area contributed by atoms with Crippen molar-refractivity contribution in [1.29, 1.82) is 0 Å². The number of unbranched alkanes of at least 4 members (excludes halogenated alkanes) is 19. The van der Waals surface area contributed by atoms with Gasteiger partial charge in [-0.15, -0.1) is 0 Å². The number of hydrogen-bond donors (Lipinski definition) is 0. The minimum absolute atomic E-state index is 0.829. The summed E-state index contributed by atoms with van der Waals surface area (Å²) in [5.74, 6) is 0.829. The van der Waals surface area contributed by atoms with Gasteiger partial charge in [-0.05, 0) is 31.6 Å². The second-order valence-electron chi connectivity index (χ2n) is 9.63. The fourth-order valence-electron chi connectivity index (χ4n) is 4.41. The maximum Gasteiger partial charge on any atom is -0.0234 e. The van der Waals surface area contributed by atoms with E-state index in [1.807, 2.05) is 0 Å². The summed E-state index contributed by atoms with van der Waals surface area (Å²) in [7, 11) is 0. The van der Waals surface area contributed by atoms with Crippen LogP contribution in [-0.4, -0.2) is 0 Å². The van der Waals surface area contributed by atoms with Crippen molar-refractivity contribution >= 4 is 0 Å². The molecule has 0 heteroatoms. The minimum Gasteiger partial charge on any atom is -0.0883 e. The van der Waals surface area contributed by atoms with Gasteiger partial charge in [-0.1, -0.05) is 161 Å². The van der Waals surface area contributed by atoms with Gasteiger partial charge < -0.3 is 0 Å². The zero-order valence-corrected chi connectivity index (χ0v) is 21.1. The lowest BCUT2D eigenvalue weighted by Gasteiger charge is -2.11. The van der Waals surface area contributed by atoms with Crippen LogP contribution < -0.4 is 0 Å². The first-order valence-electron chi connectivity index (χ1n) is 14.1. The molecule has 0 bridgehead atoms. The molecule has 178 valence electrons. The average molecular weight is 419 g/mol. The Morgan fingerprint density at radius 3 is 1.37 bits per heavy atom. The Hall–Kier alpha value is -0.260. The third kappa shape index (κ3) is 24.0. The molecule has 0 rings (SSSR count). The van der Waals surface area contributed by atoms with Crippen molar-refractivity contribution in [3.05, 3.63) is 26.0 Å². The first-order chi connectivity index (χ1) is 14.8. The lowest BCUT2D eigenvalue weighted by Crippen LogP contribution is -1.96. The van der Waals surface area contributed by atoms with Crippen LogP contribution in [0.1, 0.15) is 161 Å². The van der Waals surface area contributed by atoms with Gasteiger partial charge in [0, 0.05) is 0 Å². The SMILES string of the molecule is [CH2]CCCCCCCCCCCCCCCCCC=CC(CCCC)CCCC[CH2]. The molecule has 0 spiro atoms. The van der Waals surface area contributed by atoms with Crippen LogP contribution in [0.4, 0.5) is 0 Å². The first kappa shape index (κ1) is 29.7. The van der Waals surface area contributed by atoms with Gasteiger partial charge in [0.1, 0.15) is 0 Å². The highest BCUT2D eigenvalue weighted by molar-refractivity contribution is 4.88. The second kappa shape index (κ2) is 26.8. The predicted molar refractivity (Wildman–Crippen MR) is 140 cm³/mol. The van der Waals surface area contributed by atoms with E-state index in [9.17, 15) is 0 Å². The molecule has 0 aliphatic carbocycles. The molecule has 0 aliphatic rings. The molecular weight excluding hydrogens is 360 g/mol. The molecule has 1 atom stereocenters. The number of rotatable bonds is 25. The molecule has 30 heavy (non-hydrogen) atoms. The Morgan fingerprint density at radius 2 is 0.900 bits per heavy atom. The van der Waals surface area contributed by atoms with E-state index >= 15 is 0 Å². The van der Waals surface area contributed by atoms with E-state index in [0.717, 1.165) is 18.8 Å². The highest BCUT2D eigenvalue weighted by Crippen LogP contribution is 2.19. The molecule has 0 saturated heterocycles. The molecule has 0 nitrogen and oxygen atoms in total. The molecule has 0 heterocycles. The van der Waals surface area contributed by atoms with Crippen LogP contribution in [0.25, 0.3) is 0 Å². The van der Waals surface area contributed by atoms with Crippen LogP contribution in [0, 0.1) is 19.8 Å². The smallest absolute Gasteiger partial charge is 0.0234 e. The van der Waals surface area contributed by atoms with Crippen LogP contribution in [0.3, 0.4) is 0 Å². The van der Waals surface area contributed by atoms with Crippen LogP contribution in [0.5, 0.6) is 0 Å². The van der Waals surface area contributed by atoms with Gasteiger partial charge in [0.15, 0.2) is 0 Å². The van der Waals surface area contributed by atoms with Gasteiger partial charge in [0.2, 0.25) is 0 Å². The van der Waals surface area contributed by atoms with Gasteiger partial charge in [0.25, 0.3) is 0 Å². The summed E-state index contributed by atoms with van der Waals surface area (Å²) >= 11 is 0. The molecular formula is C30H58. The van der Waals surface area contributed by atoms with Crippen molar-refractivity contribution in [3.8, 4) is 0 Å². The zero-order chi connectivity index (χ0) is 22.0. The van der Waals surface area contributed by atoms with Crippen molar-refractivity contribution in [2.45, 2.75) is 161 Å². The van der Waals surface area contributed by atoms with Crippen molar-refractivity contribution in [2.75, 3.05) is 0 Å². The monoisotopic (exact) mass is 418 g/mol. The van der Waals surface area contributed by atoms with Crippen molar-refractivity contribution in [3.63, 3.8) is 0 Å². The standard InChI is InChI=1S/C30H58/c1-4-7-10-11-12-13-14-15-16-17-18-19-20-21-22-23-24-26-29-30(27-9-6-3)28-25-8-5-2/h26,29-30H,1-2,4-25,27-28H2,3H3. The summed E-state index contributed by atoms with van der Waals surface area (Å²) in [4.78, 5) is 0. The van der Waals surface area contributed by atoms with E-state index in [-0.39, 0.29) is 0 Å². The lowest BCUT2D eigenvalue weighted by atomic mass is 9.94. The van der Waals surface area contributed by atoms with Crippen molar-refractivity contribution in [2.24, 2.45) is 5.92 Å². The summed E-state index contributed by atoms with van der Waals surface area (Å²) < 4.78 is 0. The van der Waals surface area contributed by atoms with E-state index in [2.05, 4.69) is 32.9 Å². The Bertz CT molecular complexity index is 316. The van der Waals surface area contributed by atoms with Gasteiger partial charge >= 0.3 is 0 Å². The third-order valence-electron chi connectivity index (χ3n) is 6.53. The fraction of sp³-hybridized carbons (Fsp3) is 0.867. The van der Waals surface area contributed by atoms with Crippen LogP contribution in [-0.2, 0) is 0 Å². The van der Waals surface area contributed by atoms with E-state index in [1.54, 1.807) is 0 Å². The molecule has 0 saturated carbocycles. The Balaban J connectivity index is 3.36. The van der Waals surface area contributed by atoms with E-state index in [0.29, 0.717) is 0 Å².